The minimum absolute atomic E-state index is 0.155. The normalized spacial score (nSPS) is 10.8. The molecule has 0 fully saturated rings. The number of halogens is 1. The fourth-order valence-electron chi connectivity index (χ4n) is 1.58. The lowest BCUT2D eigenvalue weighted by Gasteiger charge is -2.00. The molecule has 0 amide bonds. The Morgan fingerprint density at radius 3 is 2.76 bits per heavy atom. The minimum Gasteiger partial charge on any atom is -0.478 e. The van der Waals surface area contributed by atoms with Crippen LogP contribution in [0.2, 0.25) is 5.15 Å². The zero-order chi connectivity index (χ0) is 12.6. The van der Waals surface area contributed by atoms with Crippen LogP contribution in [0.25, 0.3) is 0 Å². The summed E-state index contributed by atoms with van der Waals surface area (Å²) in [6.45, 7) is 2.26. The molecule has 0 aliphatic carbocycles. The van der Waals surface area contributed by atoms with Crippen molar-refractivity contribution in [2.75, 3.05) is 0 Å². The molecule has 2 aromatic heterocycles. The van der Waals surface area contributed by atoms with Crippen LogP contribution in [0.15, 0.2) is 12.4 Å². The largest absolute Gasteiger partial charge is 0.478 e. The Morgan fingerprint density at radius 1 is 1.59 bits per heavy atom. The molecule has 6 nitrogen and oxygen atoms in total. The van der Waals surface area contributed by atoms with Crippen LogP contribution in [-0.4, -0.2) is 30.6 Å². The summed E-state index contributed by atoms with van der Waals surface area (Å²) < 4.78 is 3.10. The Bertz CT molecular complexity index is 573. The van der Waals surface area contributed by atoms with Gasteiger partial charge in [0.25, 0.3) is 0 Å². The van der Waals surface area contributed by atoms with Gasteiger partial charge in [0.2, 0.25) is 0 Å². The van der Waals surface area contributed by atoms with Gasteiger partial charge in [-0.05, 0) is 6.92 Å². The summed E-state index contributed by atoms with van der Waals surface area (Å²) in [5.74, 6) is -0.995. The van der Waals surface area contributed by atoms with Gasteiger partial charge in [0.05, 0.1) is 24.0 Å². The molecule has 1 N–H and O–H groups in total. The number of hydrogen-bond acceptors (Lipinski definition) is 3. The SMILES string of the molecule is Cc1nn(C)c(Cl)c1Cn1cc(C(=O)O)cn1. The van der Waals surface area contributed by atoms with Crippen LogP contribution in [0, 0.1) is 6.92 Å². The number of carboxylic acids is 1. The Hall–Kier alpha value is -1.82. The number of carbonyl (C=O) groups is 1. The van der Waals surface area contributed by atoms with Crippen molar-refractivity contribution in [3.05, 3.63) is 34.4 Å². The van der Waals surface area contributed by atoms with E-state index in [-0.39, 0.29) is 5.56 Å². The summed E-state index contributed by atoms with van der Waals surface area (Å²) in [5.41, 5.74) is 1.81. The highest BCUT2D eigenvalue weighted by atomic mass is 35.5. The molecule has 0 aliphatic heterocycles. The van der Waals surface area contributed by atoms with Crippen LogP contribution in [0.5, 0.6) is 0 Å². The molecule has 0 radical (unpaired) electrons. The fraction of sp³-hybridized carbons (Fsp3) is 0.300. The van der Waals surface area contributed by atoms with Crippen molar-refractivity contribution >= 4 is 17.6 Å². The number of nitrogens with zero attached hydrogens (tertiary/aromatic N) is 4. The lowest BCUT2D eigenvalue weighted by Crippen LogP contribution is -2.01. The number of rotatable bonds is 3. The van der Waals surface area contributed by atoms with Gasteiger partial charge in [-0.2, -0.15) is 10.2 Å². The predicted octanol–water partition coefficient (Wildman–Crippen LogP) is 1.32. The Labute approximate surface area is 102 Å². The third-order valence-electron chi connectivity index (χ3n) is 2.47. The first-order valence-electron chi connectivity index (χ1n) is 4.92. The quantitative estimate of drug-likeness (QED) is 0.897. The van der Waals surface area contributed by atoms with Crippen LogP contribution in [0.4, 0.5) is 0 Å². The molecule has 2 rings (SSSR count). The Morgan fingerprint density at radius 2 is 2.29 bits per heavy atom. The zero-order valence-electron chi connectivity index (χ0n) is 9.38. The predicted molar refractivity (Wildman–Crippen MR) is 61.2 cm³/mol. The van der Waals surface area contributed by atoms with E-state index in [4.69, 9.17) is 16.7 Å². The third-order valence-corrected chi connectivity index (χ3v) is 2.94. The van der Waals surface area contributed by atoms with E-state index in [1.54, 1.807) is 11.7 Å². The molecule has 0 saturated heterocycles. The van der Waals surface area contributed by atoms with E-state index < -0.39 is 5.97 Å². The van der Waals surface area contributed by atoms with Crippen LogP contribution in [-0.2, 0) is 13.6 Å². The second-order valence-corrected chi connectivity index (χ2v) is 4.07. The molecule has 0 spiro atoms. The standard InChI is InChI=1S/C10H11ClN4O2/c1-6-8(9(11)14(2)13-6)5-15-4-7(3-12-15)10(16)17/h3-4H,5H2,1-2H3,(H,16,17). The number of hydrogen-bond donors (Lipinski definition) is 1. The summed E-state index contributed by atoms with van der Waals surface area (Å²) in [4.78, 5) is 10.7. The van der Waals surface area contributed by atoms with Crippen molar-refractivity contribution in [3.63, 3.8) is 0 Å². The molecule has 0 aromatic carbocycles. The maximum absolute atomic E-state index is 10.7. The molecule has 2 aromatic rings. The lowest BCUT2D eigenvalue weighted by atomic mass is 10.2. The number of aryl methyl sites for hydroxylation is 2. The van der Waals surface area contributed by atoms with Crippen molar-refractivity contribution in [1.82, 2.24) is 19.6 Å². The van der Waals surface area contributed by atoms with Gasteiger partial charge >= 0.3 is 5.97 Å². The van der Waals surface area contributed by atoms with Crippen molar-refractivity contribution < 1.29 is 9.90 Å². The van der Waals surface area contributed by atoms with Crippen LogP contribution in [0.1, 0.15) is 21.6 Å². The summed E-state index contributed by atoms with van der Waals surface area (Å²) >= 11 is 6.08. The highest BCUT2D eigenvalue weighted by Gasteiger charge is 2.13. The first kappa shape index (κ1) is 11.7. The average molecular weight is 255 g/mol. The molecule has 90 valence electrons. The summed E-state index contributed by atoms with van der Waals surface area (Å²) in [6, 6.07) is 0. The molecule has 2 heterocycles. The molecule has 7 heteroatoms. The highest BCUT2D eigenvalue weighted by molar-refractivity contribution is 6.30. The van der Waals surface area contributed by atoms with Crippen molar-refractivity contribution in [2.45, 2.75) is 13.5 Å². The van der Waals surface area contributed by atoms with E-state index in [2.05, 4.69) is 10.2 Å². The zero-order valence-corrected chi connectivity index (χ0v) is 10.1. The average Bonchev–Trinajstić information content (AvgIpc) is 2.80. The molecule has 0 saturated carbocycles. The van der Waals surface area contributed by atoms with Crippen LogP contribution >= 0.6 is 11.6 Å². The van der Waals surface area contributed by atoms with E-state index in [1.165, 1.54) is 17.1 Å². The molecule has 0 unspecified atom stereocenters. The molecular formula is C10H11ClN4O2. The third kappa shape index (κ3) is 2.16. The van der Waals surface area contributed by atoms with Gasteiger partial charge in [0.1, 0.15) is 5.15 Å². The topological polar surface area (TPSA) is 72.9 Å². The number of carboxylic acid groups (broad SMARTS) is 1. The van der Waals surface area contributed by atoms with E-state index in [1.807, 2.05) is 6.92 Å². The summed E-state index contributed by atoms with van der Waals surface area (Å²) in [5, 5.41) is 17.5. The number of aromatic carboxylic acids is 1. The van der Waals surface area contributed by atoms with Crippen molar-refractivity contribution in [1.29, 1.82) is 0 Å². The second-order valence-electron chi connectivity index (χ2n) is 3.71. The van der Waals surface area contributed by atoms with E-state index >= 15 is 0 Å². The molecular weight excluding hydrogens is 244 g/mol. The van der Waals surface area contributed by atoms with Crippen LogP contribution < -0.4 is 0 Å². The van der Waals surface area contributed by atoms with Crippen molar-refractivity contribution in [2.24, 2.45) is 7.05 Å². The second kappa shape index (κ2) is 4.21. The van der Waals surface area contributed by atoms with Crippen LogP contribution in [0.3, 0.4) is 0 Å². The van der Waals surface area contributed by atoms with Gasteiger partial charge in [-0.1, -0.05) is 11.6 Å². The molecule has 0 bridgehead atoms. The Kier molecular flexibility index (Phi) is 2.89. The molecule has 0 aliphatic rings. The van der Waals surface area contributed by atoms with Gasteiger partial charge in [-0.3, -0.25) is 9.36 Å². The fourth-order valence-corrected chi connectivity index (χ4v) is 1.81. The number of aromatic nitrogens is 4. The molecule has 17 heavy (non-hydrogen) atoms. The van der Waals surface area contributed by atoms with Gasteiger partial charge in [0, 0.05) is 18.8 Å². The minimum atomic E-state index is -0.995. The van der Waals surface area contributed by atoms with Crippen molar-refractivity contribution in [3.8, 4) is 0 Å². The van der Waals surface area contributed by atoms with Gasteiger partial charge < -0.3 is 5.11 Å². The molecule has 0 atom stereocenters. The maximum atomic E-state index is 10.7. The van der Waals surface area contributed by atoms with Gasteiger partial charge in [0.15, 0.2) is 0 Å². The Balaban J connectivity index is 2.28. The van der Waals surface area contributed by atoms with E-state index in [9.17, 15) is 4.79 Å². The van der Waals surface area contributed by atoms with E-state index in [0.29, 0.717) is 11.7 Å². The maximum Gasteiger partial charge on any atom is 0.338 e. The lowest BCUT2D eigenvalue weighted by molar-refractivity contribution is 0.0697. The summed E-state index contributed by atoms with van der Waals surface area (Å²) in [6.07, 6.45) is 2.77. The van der Waals surface area contributed by atoms with Gasteiger partial charge in [-0.25, -0.2) is 4.79 Å². The summed E-state index contributed by atoms with van der Waals surface area (Å²) in [7, 11) is 1.75. The monoisotopic (exact) mass is 254 g/mol. The smallest absolute Gasteiger partial charge is 0.338 e. The highest BCUT2D eigenvalue weighted by Crippen LogP contribution is 2.19. The first-order valence-corrected chi connectivity index (χ1v) is 5.30. The first-order chi connectivity index (χ1) is 7.99. The van der Waals surface area contributed by atoms with Gasteiger partial charge in [-0.15, -0.1) is 0 Å². The van der Waals surface area contributed by atoms with E-state index in [0.717, 1.165) is 11.3 Å².